The van der Waals surface area contributed by atoms with Gasteiger partial charge in [0.2, 0.25) is 0 Å². The lowest BCUT2D eigenvalue weighted by atomic mass is 10.1. The van der Waals surface area contributed by atoms with Crippen LogP contribution < -0.4 is 0 Å². The fraction of sp³-hybridized carbons (Fsp3) is 0.471. The van der Waals surface area contributed by atoms with Gasteiger partial charge in [-0.2, -0.15) is 0 Å². The molecule has 1 aromatic rings. The van der Waals surface area contributed by atoms with E-state index in [0.29, 0.717) is 12.2 Å². The summed E-state index contributed by atoms with van der Waals surface area (Å²) in [4.78, 5) is 12.1. The lowest BCUT2D eigenvalue weighted by Crippen LogP contribution is -2.38. The van der Waals surface area contributed by atoms with Gasteiger partial charge in [0, 0.05) is 0 Å². The molecule has 0 spiro atoms. The van der Waals surface area contributed by atoms with Crippen molar-refractivity contribution in [3.63, 3.8) is 0 Å². The maximum Gasteiger partial charge on any atom is 0.338 e. The molecule has 2 rings (SSSR count). The maximum atomic E-state index is 12.1. The number of ether oxygens (including phenoxy) is 3. The fourth-order valence-electron chi connectivity index (χ4n) is 2.31. The highest BCUT2D eigenvalue weighted by Crippen LogP contribution is 2.26. The summed E-state index contributed by atoms with van der Waals surface area (Å²) in [6.45, 7) is 3.62. The van der Waals surface area contributed by atoms with Gasteiger partial charge in [-0.05, 0) is 25.0 Å². The van der Waals surface area contributed by atoms with Crippen molar-refractivity contribution >= 4 is 5.97 Å². The van der Waals surface area contributed by atoms with E-state index in [-0.39, 0.29) is 6.61 Å². The van der Waals surface area contributed by atoms with E-state index >= 15 is 0 Å². The third kappa shape index (κ3) is 4.62. The SMILES string of the molecule is C=CCCCOC1OC(CO)C(O)C1OC(=O)c1ccccc1. The average molecular weight is 322 g/mol. The normalized spacial score (nSPS) is 26.9. The number of aliphatic hydroxyl groups is 2. The van der Waals surface area contributed by atoms with Crippen molar-refractivity contribution in [1.29, 1.82) is 0 Å². The molecule has 1 aromatic carbocycles. The molecule has 2 N–H and O–H groups in total. The van der Waals surface area contributed by atoms with Crippen molar-refractivity contribution in [2.45, 2.75) is 37.4 Å². The van der Waals surface area contributed by atoms with Gasteiger partial charge in [-0.3, -0.25) is 0 Å². The van der Waals surface area contributed by atoms with Gasteiger partial charge in [-0.15, -0.1) is 6.58 Å². The lowest BCUT2D eigenvalue weighted by Gasteiger charge is -2.21. The molecule has 0 radical (unpaired) electrons. The number of carbonyl (C=O) groups excluding carboxylic acids is 1. The maximum absolute atomic E-state index is 12.1. The molecular weight excluding hydrogens is 300 g/mol. The first kappa shape index (κ1) is 17.6. The average Bonchev–Trinajstić information content (AvgIpc) is 2.88. The first-order valence-electron chi connectivity index (χ1n) is 7.60. The van der Waals surface area contributed by atoms with E-state index in [1.807, 2.05) is 0 Å². The third-order valence-corrected chi connectivity index (χ3v) is 3.56. The van der Waals surface area contributed by atoms with E-state index in [1.54, 1.807) is 36.4 Å². The summed E-state index contributed by atoms with van der Waals surface area (Å²) in [5.74, 6) is -0.573. The molecule has 0 aliphatic carbocycles. The molecule has 23 heavy (non-hydrogen) atoms. The van der Waals surface area contributed by atoms with Crippen LogP contribution in [0.25, 0.3) is 0 Å². The Morgan fingerprint density at radius 2 is 2.09 bits per heavy atom. The highest BCUT2D eigenvalue weighted by Gasteiger charge is 2.46. The summed E-state index contributed by atoms with van der Waals surface area (Å²) in [7, 11) is 0. The zero-order valence-electron chi connectivity index (χ0n) is 12.8. The molecule has 126 valence electrons. The zero-order chi connectivity index (χ0) is 16.7. The Hall–Kier alpha value is -1.73. The molecule has 0 amide bonds. The van der Waals surface area contributed by atoms with Gasteiger partial charge in [0.25, 0.3) is 0 Å². The first-order valence-corrected chi connectivity index (χ1v) is 7.60. The van der Waals surface area contributed by atoms with Crippen LogP contribution in [-0.4, -0.2) is 54.0 Å². The molecule has 1 saturated heterocycles. The van der Waals surface area contributed by atoms with E-state index in [2.05, 4.69) is 6.58 Å². The van der Waals surface area contributed by atoms with Crippen LogP contribution in [0.1, 0.15) is 23.2 Å². The Labute approximate surface area is 135 Å². The predicted molar refractivity (Wildman–Crippen MR) is 82.8 cm³/mol. The van der Waals surface area contributed by atoms with Gasteiger partial charge in [-0.1, -0.05) is 24.3 Å². The second-order valence-electron chi connectivity index (χ2n) is 5.25. The standard InChI is InChI=1S/C17H22O6/c1-2-3-7-10-21-17-15(14(19)13(11-18)22-17)23-16(20)12-8-5-4-6-9-12/h2,4-6,8-9,13-15,17-19H,1,3,7,10-11H2. The molecule has 4 atom stereocenters. The minimum atomic E-state index is -1.14. The van der Waals surface area contributed by atoms with Crippen LogP contribution in [0.4, 0.5) is 0 Å². The molecule has 6 nitrogen and oxygen atoms in total. The number of allylic oxidation sites excluding steroid dienone is 1. The molecule has 6 heteroatoms. The van der Waals surface area contributed by atoms with Crippen molar-refractivity contribution in [1.82, 2.24) is 0 Å². The second kappa shape index (κ2) is 8.79. The molecule has 1 heterocycles. The number of unbranched alkanes of at least 4 members (excludes halogenated alkanes) is 1. The van der Waals surface area contributed by atoms with Crippen molar-refractivity contribution in [3.05, 3.63) is 48.6 Å². The van der Waals surface area contributed by atoms with Gasteiger partial charge in [0.1, 0.15) is 12.2 Å². The summed E-state index contributed by atoms with van der Waals surface area (Å²) in [5, 5.41) is 19.4. The minimum Gasteiger partial charge on any atom is -0.450 e. The Kier molecular flexibility index (Phi) is 6.73. The van der Waals surface area contributed by atoms with Gasteiger partial charge >= 0.3 is 5.97 Å². The predicted octanol–water partition coefficient (Wildman–Crippen LogP) is 1.27. The van der Waals surface area contributed by atoms with Crippen LogP contribution in [0.3, 0.4) is 0 Å². The Bertz CT molecular complexity index is 503. The number of aliphatic hydroxyl groups excluding tert-OH is 2. The number of carbonyl (C=O) groups is 1. The molecule has 0 bridgehead atoms. The van der Waals surface area contributed by atoms with E-state index in [9.17, 15) is 15.0 Å². The highest BCUT2D eigenvalue weighted by atomic mass is 16.7. The van der Waals surface area contributed by atoms with E-state index in [0.717, 1.165) is 12.8 Å². The van der Waals surface area contributed by atoms with Gasteiger partial charge in [0.05, 0.1) is 18.8 Å². The van der Waals surface area contributed by atoms with Crippen LogP contribution in [-0.2, 0) is 14.2 Å². The molecule has 4 unspecified atom stereocenters. The molecule has 0 aromatic heterocycles. The quantitative estimate of drug-likeness (QED) is 0.426. The highest BCUT2D eigenvalue weighted by molar-refractivity contribution is 5.89. The topological polar surface area (TPSA) is 85.2 Å². The number of esters is 1. The lowest BCUT2D eigenvalue weighted by molar-refractivity contribution is -0.170. The first-order chi connectivity index (χ1) is 11.2. The summed E-state index contributed by atoms with van der Waals surface area (Å²) in [5.41, 5.74) is 0.373. The summed E-state index contributed by atoms with van der Waals surface area (Å²) >= 11 is 0. The van der Waals surface area contributed by atoms with Gasteiger partial charge in [-0.25, -0.2) is 4.79 Å². The second-order valence-corrected chi connectivity index (χ2v) is 5.25. The van der Waals surface area contributed by atoms with Crippen molar-refractivity contribution in [2.75, 3.05) is 13.2 Å². The van der Waals surface area contributed by atoms with E-state index in [4.69, 9.17) is 14.2 Å². The van der Waals surface area contributed by atoms with Crippen molar-refractivity contribution in [2.24, 2.45) is 0 Å². The van der Waals surface area contributed by atoms with Crippen LogP contribution in [0.2, 0.25) is 0 Å². The Balaban J connectivity index is 1.99. The number of rotatable bonds is 8. The largest absolute Gasteiger partial charge is 0.450 e. The third-order valence-electron chi connectivity index (χ3n) is 3.56. The van der Waals surface area contributed by atoms with Gasteiger partial charge in [0.15, 0.2) is 12.4 Å². The molecular formula is C17H22O6. The summed E-state index contributed by atoms with van der Waals surface area (Å²) in [6.07, 6.45) is -0.569. The Morgan fingerprint density at radius 3 is 2.74 bits per heavy atom. The molecule has 1 aliphatic rings. The minimum absolute atomic E-state index is 0.373. The van der Waals surface area contributed by atoms with Crippen LogP contribution >= 0.6 is 0 Å². The van der Waals surface area contributed by atoms with E-state index < -0.39 is 30.6 Å². The fourth-order valence-corrected chi connectivity index (χ4v) is 2.31. The summed E-state index contributed by atoms with van der Waals surface area (Å²) < 4.78 is 16.3. The van der Waals surface area contributed by atoms with Gasteiger partial charge < -0.3 is 24.4 Å². The number of hydrogen-bond acceptors (Lipinski definition) is 6. The number of hydrogen-bond donors (Lipinski definition) is 2. The zero-order valence-corrected chi connectivity index (χ0v) is 12.8. The van der Waals surface area contributed by atoms with Crippen LogP contribution in [0.15, 0.2) is 43.0 Å². The smallest absolute Gasteiger partial charge is 0.338 e. The monoisotopic (exact) mass is 322 g/mol. The molecule has 0 saturated carbocycles. The Morgan fingerprint density at radius 1 is 1.35 bits per heavy atom. The molecule has 1 fully saturated rings. The molecule has 1 aliphatic heterocycles. The van der Waals surface area contributed by atoms with Crippen molar-refractivity contribution in [3.8, 4) is 0 Å². The number of benzene rings is 1. The van der Waals surface area contributed by atoms with Crippen LogP contribution in [0, 0.1) is 0 Å². The van der Waals surface area contributed by atoms with Crippen molar-refractivity contribution < 1.29 is 29.2 Å². The summed E-state index contributed by atoms with van der Waals surface area (Å²) in [6, 6.07) is 8.47. The van der Waals surface area contributed by atoms with Crippen LogP contribution in [0.5, 0.6) is 0 Å². The van der Waals surface area contributed by atoms with E-state index in [1.165, 1.54) is 0 Å².